The van der Waals surface area contributed by atoms with Crippen LogP contribution in [0.3, 0.4) is 0 Å². The lowest BCUT2D eigenvalue weighted by atomic mass is 10.1. The van der Waals surface area contributed by atoms with Crippen LogP contribution in [-0.4, -0.2) is 19.0 Å². The Labute approximate surface area is 92.7 Å². The Hall–Kier alpha value is -2.30. The molecule has 0 fully saturated rings. The molecule has 0 unspecified atom stereocenters. The fourth-order valence-electron chi connectivity index (χ4n) is 1.16. The highest BCUT2D eigenvalue weighted by Gasteiger charge is 2.08. The second-order valence-electron chi connectivity index (χ2n) is 3.07. The molecule has 0 aliphatic rings. The monoisotopic (exact) mass is 220 g/mol. The van der Waals surface area contributed by atoms with Crippen molar-refractivity contribution in [3.8, 4) is 0 Å². The van der Waals surface area contributed by atoms with E-state index >= 15 is 0 Å². The molecule has 0 spiro atoms. The van der Waals surface area contributed by atoms with Crippen molar-refractivity contribution in [3.05, 3.63) is 35.4 Å². The second kappa shape index (κ2) is 4.97. The van der Waals surface area contributed by atoms with Crippen molar-refractivity contribution < 1.29 is 14.3 Å². The number of methoxy groups -OCH3 is 1. The Morgan fingerprint density at radius 3 is 2.56 bits per heavy atom. The maximum atomic E-state index is 11.2. The van der Waals surface area contributed by atoms with Gasteiger partial charge >= 0.3 is 5.97 Å². The van der Waals surface area contributed by atoms with Crippen molar-refractivity contribution in [3.63, 3.8) is 0 Å². The van der Waals surface area contributed by atoms with Crippen molar-refractivity contribution in [1.29, 1.82) is 0 Å². The minimum Gasteiger partial charge on any atom is -0.465 e. The van der Waals surface area contributed by atoms with Crippen molar-refractivity contribution in [2.45, 2.75) is 0 Å². The zero-order chi connectivity index (χ0) is 12.1. The van der Waals surface area contributed by atoms with Gasteiger partial charge in [0.25, 0.3) is 0 Å². The molecule has 0 saturated carbocycles. The summed E-state index contributed by atoms with van der Waals surface area (Å²) >= 11 is 0. The topological polar surface area (TPSA) is 95.4 Å². The minimum absolute atomic E-state index is 0.290. The Balaban J connectivity index is 2.99. The summed E-state index contributed by atoms with van der Waals surface area (Å²) in [5.41, 5.74) is 11.9. The lowest BCUT2D eigenvalue weighted by molar-refractivity contribution is -0.113. The quantitative estimate of drug-likeness (QED) is 0.442. The summed E-state index contributed by atoms with van der Waals surface area (Å²) < 4.78 is 4.54. The average Bonchev–Trinajstić information content (AvgIpc) is 2.25. The molecule has 1 aromatic carbocycles. The van der Waals surface area contributed by atoms with Gasteiger partial charge in [-0.2, -0.15) is 0 Å². The van der Waals surface area contributed by atoms with E-state index in [2.05, 4.69) is 4.74 Å². The Morgan fingerprint density at radius 2 is 2.06 bits per heavy atom. The summed E-state index contributed by atoms with van der Waals surface area (Å²) in [6.45, 7) is 0. The number of hydrogen-bond acceptors (Lipinski definition) is 4. The first-order valence-electron chi connectivity index (χ1n) is 4.50. The molecule has 0 aromatic heterocycles. The van der Waals surface area contributed by atoms with Crippen LogP contribution in [0.25, 0.3) is 6.08 Å². The zero-order valence-corrected chi connectivity index (χ0v) is 8.77. The summed E-state index contributed by atoms with van der Waals surface area (Å²) in [5.74, 6) is -1.04. The number of primary amides is 1. The lowest BCUT2D eigenvalue weighted by Crippen LogP contribution is -2.06. The van der Waals surface area contributed by atoms with E-state index in [-0.39, 0.29) is 0 Å². The number of ether oxygens (including phenoxy) is 1. The number of amides is 1. The molecule has 5 nitrogen and oxygen atoms in total. The highest BCUT2D eigenvalue weighted by molar-refractivity contribution is 5.96. The fraction of sp³-hybridized carbons (Fsp3) is 0.0909. The molecule has 5 heteroatoms. The molecule has 0 heterocycles. The van der Waals surface area contributed by atoms with E-state index in [0.29, 0.717) is 16.8 Å². The lowest BCUT2D eigenvalue weighted by Gasteiger charge is -2.04. The van der Waals surface area contributed by atoms with Crippen LogP contribution in [0.5, 0.6) is 0 Å². The summed E-state index contributed by atoms with van der Waals surface area (Å²) in [6, 6.07) is 4.73. The van der Waals surface area contributed by atoms with Crippen LogP contribution in [0, 0.1) is 0 Å². The fourth-order valence-corrected chi connectivity index (χ4v) is 1.16. The number of esters is 1. The van der Waals surface area contributed by atoms with E-state index in [0.717, 1.165) is 0 Å². The smallest absolute Gasteiger partial charge is 0.339 e. The summed E-state index contributed by atoms with van der Waals surface area (Å²) in [7, 11) is 1.28. The Morgan fingerprint density at radius 1 is 1.38 bits per heavy atom. The first-order valence-corrected chi connectivity index (χ1v) is 4.50. The predicted molar refractivity (Wildman–Crippen MR) is 60.4 cm³/mol. The van der Waals surface area contributed by atoms with E-state index < -0.39 is 11.9 Å². The van der Waals surface area contributed by atoms with E-state index in [9.17, 15) is 9.59 Å². The van der Waals surface area contributed by atoms with E-state index in [1.54, 1.807) is 12.1 Å². The van der Waals surface area contributed by atoms with E-state index in [1.165, 1.54) is 25.3 Å². The van der Waals surface area contributed by atoms with Gasteiger partial charge < -0.3 is 16.2 Å². The molecule has 1 aromatic rings. The van der Waals surface area contributed by atoms with Gasteiger partial charge in [-0.05, 0) is 23.8 Å². The van der Waals surface area contributed by atoms with Gasteiger partial charge in [0.1, 0.15) is 0 Å². The summed E-state index contributed by atoms with van der Waals surface area (Å²) in [4.78, 5) is 21.7. The van der Waals surface area contributed by atoms with Crippen LogP contribution in [0.4, 0.5) is 5.69 Å². The van der Waals surface area contributed by atoms with Crippen LogP contribution in [-0.2, 0) is 9.53 Å². The van der Waals surface area contributed by atoms with Gasteiger partial charge in [-0.3, -0.25) is 4.79 Å². The van der Waals surface area contributed by atoms with Crippen LogP contribution < -0.4 is 11.5 Å². The van der Waals surface area contributed by atoms with Gasteiger partial charge in [-0.25, -0.2) is 4.79 Å². The van der Waals surface area contributed by atoms with Crippen molar-refractivity contribution in [2.24, 2.45) is 5.73 Å². The van der Waals surface area contributed by atoms with Crippen LogP contribution in [0.15, 0.2) is 24.3 Å². The third-order valence-corrected chi connectivity index (χ3v) is 1.92. The van der Waals surface area contributed by atoms with Gasteiger partial charge in [-0.15, -0.1) is 0 Å². The number of rotatable bonds is 3. The summed E-state index contributed by atoms with van der Waals surface area (Å²) in [6.07, 6.45) is 2.73. The normalized spacial score (nSPS) is 10.3. The number of hydrogen-bond donors (Lipinski definition) is 2. The summed E-state index contributed by atoms with van der Waals surface area (Å²) in [5, 5.41) is 0. The van der Waals surface area contributed by atoms with Gasteiger partial charge in [0.05, 0.1) is 12.7 Å². The maximum absolute atomic E-state index is 11.2. The van der Waals surface area contributed by atoms with Gasteiger partial charge in [-0.1, -0.05) is 6.07 Å². The molecular formula is C11H12N2O3. The first kappa shape index (κ1) is 11.8. The predicted octanol–water partition coefficient (Wildman–Crippen LogP) is 0.554. The highest BCUT2D eigenvalue weighted by Crippen LogP contribution is 2.16. The average molecular weight is 220 g/mol. The third kappa shape index (κ3) is 2.84. The molecule has 4 N–H and O–H groups in total. The maximum Gasteiger partial charge on any atom is 0.339 e. The molecule has 1 rings (SSSR count). The molecular weight excluding hydrogens is 208 g/mol. The zero-order valence-electron chi connectivity index (χ0n) is 8.77. The molecule has 16 heavy (non-hydrogen) atoms. The Bertz CT molecular complexity index is 453. The van der Waals surface area contributed by atoms with Crippen LogP contribution in [0.1, 0.15) is 15.9 Å². The minimum atomic E-state index is -0.546. The largest absolute Gasteiger partial charge is 0.465 e. The molecule has 0 radical (unpaired) electrons. The number of carbonyl (C=O) groups excluding carboxylic acids is 2. The highest BCUT2D eigenvalue weighted by atomic mass is 16.5. The first-order chi connectivity index (χ1) is 7.54. The molecule has 1 amide bonds. The third-order valence-electron chi connectivity index (χ3n) is 1.92. The Kier molecular flexibility index (Phi) is 3.66. The molecule has 84 valence electrons. The number of nitrogen functional groups attached to an aromatic ring is 1. The van der Waals surface area contributed by atoms with Gasteiger partial charge in [0.15, 0.2) is 0 Å². The van der Waals surface area contributed by atoms with E-state index in [4.69, 9.17) is 11.5 Å². The number of anilines is 1. The van der Waals surface area contributed by atoms with Crippen molar-refractivity contribution in [1.82, 2.24) is 0 Å². The SMILES string of the molecule is COC(=O)c1ccc(C=CC(N)=O)cc1N. The van der Waals surface area contributed by atoms with Gasteiger partial charge in [0.2, 0.25) is 5.91 Å². The molecule has 0 aliphatic carbocycles. The van der Waals surface area contributed by atoms with Crippen molar-refractivity contribution >= 4 is 23.6 Å². The molecule has 0 saturated heterocycles. The van der Waals surface area contributed by atoms with Gasteiger partial charge in [0, 0.05) is 11.8 Å². The number of nitrogens with two attached hydrogens (primary N) is 2. The molecule has 0 atom stereocenters. The second-order valence-corrected chi connectivity index (χ2v) is 3.07. The molecule has 0 bridgehead atoms. The molecule has 0 aliphatic heterocycles. The standard InChI is InChI=1S/C11H12N2O3/c1-16-11(15)8-4-2-7(6-9(8)12)3-5-10(13)14/h2-6H,12H2,1H3,(H2,13,14). The van der Waals surface area contributed by atoms with E-state index in [1.807, 2.05) is 0 Å². The number of benzene rings is 1. The number of carbonyl (C=O) groups is 2. The van der Waals surface area contributed by atoms with Crippen LogP contribution in [0.2, 0.25) is 0 Å². The van der Waals surface area contributed by atoms with Crippen LogP contribution >= 0.6 is 0 Å². The van der Waals surface area contributed by atoms with Crippen molar-refractivity contribution in [2.75, 3.05) is 12.8 Å².